The lowest BCUT2D eigenvalue weighted by atomic mass is 9.65. The number of carbonyl (C=O) groups excluding carboxylic acids is 1. The zero-order chi connectivity index (χ0) is 18.4. The van der Waals surface area contributed by atoms with E-state index in [-0.39, 0.29) is 16.5 Å². The molecular weight excluding hydrogens is 316 g/mol. The van der Waals surface area contributed by atoms with Gasteiger partial charge in [-0.25, -0.2) is 0 Å². The van der Waals surface area contributed by atoms with Crippen molar-refractivity contribution in [1.82, 2.24) is 0 Å². The summed E-state index contributed by atoms with van der Waals surface area (Å²) in [6, 6.07) is 14.8. The fourth-order valence-corrected chi connectivity index (χ4v) is 4.30. The predicted molar refractivity (Wildman–Crippen MR) is 97.8 cm³/mol. The van der Waals surface area contributed by atoms with Crippen molar-refractivity contribution in [2.45, 2.75) is 45.1 Å². The number of nitrogens with zero attached hydrogens (tertiary/aromatic N) is 2. The minimum atomic E-state index is -0.419. The summed E-state index contributed by atoms with van der Waals surface area (Å²) in [5, 5.41) is 11.3. The lowest BCUT2D eigenvalue weighted by molar-refractivity contribution is -0.385. The first-order valence-electron chi connectivity index (χ1n) is 8.32. The number of nitro groups is 1. The van der Waals surface area contributed by atoms with Gasteiger partial charge >= 0.3 is 0 Å². The Morgan fingerprint density at radius 3 is 2.32 bits per heavy atom. The maximum absolute atomic E-state index is 12.3. The molecule has 25 heavy (non-hydrogen) atoms. The third kappa shape index (κ3) is 2.69. The van der Waals surface area contributed by atoms with Crippen molar-refractivity contribution in [1.29, 1.82) is 0 Å². The Balaban J connectivity index is 2.32. The number of hydrogen-bond acceptors (Lipinski definition) is 3. The number of fused-ring (bicyclic) bond motifs is 1. The summed E-state index contributed by atoms with van der Waals surface area (Å²) in [7, 11) is 0. The highest BCUT2D eigenvalue weighted by molar-refractivity contribution is 5.95. The average Bonchev–Trinajstić information content (AvgIpc) is 2.54. The summed E-state index contributed by atoms with van der Waals surface area (Å²) >= 11 is 0. The second-order valence-electron chi connectivity index (χ2n) is 7.50. The van der Waals surface area contributed by atoms with E-state index in [1.165, 1.54) is 13.0 Å². The quantitative estimate of drug-likeness (QED) is 0.601. The molecule has 5 heteroatoms. The van der Waals surface area contributed by atoms with Gasteiger partial charge < -0.3 is 4.90 Å². The van der Waals surface area contributed by atoms with E-state index in [0.29, 0.717) is 6.42 Å². The zero-order valence-electron chi connectivity index (χ0n) is 14.9. The monoisotopic (exact) mass is 338 g/mol. The van der Waals surface area contributed by atoms with Crippen LogP contribution in [0.15, 0.2) is 48.5 Å². The van der Waals surface area contributed by atoms with Crippen molar-refractivity contribution in [2.24, 2.45) is 0 Å². The molecule has 130 valence electrons. The fraction of sp³-hybridized carbons (Fsp3) is 0.350. The molecule has 0 unspecified atom stereocenters. The molecule has 1 aliphatic heterocycles. The molecular formula is C20H22N2O3. The Labute approximate surface area is 147 Å². The summed E-state index contributed by atoms with van der Waals surface area (Å²) in [5.74, 6) is -0.0600. The Kier molecular flexibility index (Phi) is 3.90. The highest BCUT2D eigenvalue weighted by Gasteiger charge is 2.47. The largest absolute Gasteiger partial charge is 0.307 e. The van der Waals surface area contributed by atoms with E-state index >= 15 is 0 Å². The van der Waals surface area contributed by atoms with Crippen LogP contribution < -0.4 is 4.90 Å². The molecule has 1 amide bonds. The molecule has 3 rings (SSSR count). The zero-order valence-corrected chi connectivity index (χ0v) is 14.9. The predicted octanol–water partition coefficient (Wildman–Crippen LogP) is 4.44. The van der Waals surface area contributed by atoms with Gasteiger partial charge in [-0.1, -0.05) is 37.3 Å². The standard InChI is InChI=1S/C20H22N2O3/c1-14(23)21-18-11-10-16(22(24)25)12-17(18)20(4,13-19(21,2)3)15-8-6-5-7-9-15/h5-12H,13H2,1-4H3/t20-/m0/s1. The van der Waals surface area contributed by atoms with Crippen LogP contribution >= 0.6 is 0 Å². The second kappa shape index (κ2) is 5.69. The average molecular weight is 338 g/mol. The molecule has 0 radical (unpaired) electrons. The fourth-order valence-electron chi connectivity index (χ4n) is 4.30. The van der Waals surface area contributed by atoms with Gasteiger partial charge in [0, 0.05) is 35.7 Å². The first-order chi connectivity index (χ1) is 11.7. The van der Waals surface area contributed by atoms with Crippen LogP contribution in [0.25, 0.3) is 0 Å². The molecule has 0 saturated carbocycles. The van der Waals surface area contributed by atoms with Gasteiger partial charge in [0.15, 0.2) is 0 Å². The summed E-state index contributed by atoms with van der Waals surface area (Å²) in [6.45, 7) is 7.72. The number of nitro benzene ring substituents is 1. The van der Waals surface area contributed by atoms with E-state index in [2.05, 4.69) is 6.92 Å². The molecule has 1 atom stereocenters. The molecule has 0 N–H and O–H groups in total. The van der Waals surface area contributed by atoms with Gasteiger partial charge in [-0.05, 0) is 37.5 Å². The van der Waals surface area contributed by atoms with Crippen molar-refractivity contribution in [2.75, 3.05) is 4.90 Å². The third-order valence-electron chi connectivity index (χ3n) is 5.14. The van der Waals surface area contributed by atoms with Crippen LogP contribution in [-0.4, -0.2) is 16.4 Å². The molecule has 0 saturated heterocycles. The summed E-state index contributed by atoms with van der Waals surface area (Å²) in [4.78, 5) is 25.0. The van der Waals surface area contributed by atoms with Gasteiger partial charge in [-0.2, -0.15) is 0 Å². The van der Waals surface area contributed by atoms with Gasteiger partial charge in [-0.15, -0.1) is 0 Å². The molecule has 0 fully saturated rings. The minimum absolute atomic E-state index is 0.0455. The lowest BCUT2D eigenvalue weighted by Gasteiger charge is -2.51. The van der Waals surface area contributed by atoms with Gasteiger partial charge in [0.1, 0.15) is 0 Å². The van der Waals surface area contributed by atoms with Crippen molar-refractivity contribution >= 4 is 17.3 Å². The van der Waals surface area contributed by atoms with Gasteiger partial charge in [0.25, 0.3) is 5.69 Å². The molecule has 2 aromatic carbocycles. The SMILES string of the molecule is CC(=O)N1c2ccc([N+](=O)[O-])cc2[C@](C)(c2ccccc2)CC1(C)C. The van der Waals surface area contributed by atoms with E-state index in [9.17, 15) is 14.9 Å². The Bertz CT molecular complexity index is 845. The van der Waals surface area contributed by atoms with E-state index in [1.54, 1.807) is 17.0 Å². The van der Waals surface area contributed by atoms with E-state index < -0.39 is 11.0 Å². The Morgan fingerprint density at radius 1 is 1.12 bits per heavy atom. The van der Waals surface area contributed by atoms with Crippen LogP contribution in [-0.2, 0) is 10.2 Å². The number of carbonyl (C=O) groups is 1. The molecule has 2 aromatic rings. The van der Waals surface area contributed by atoms with Crippen molar-refractivity contribution in [3.8, 4) is 0 Å². The van der Waals surface area contributed by atoms with Crippen LogP contribution in [0.2, 0.25) is 0 Å². The molecule has 0 aromatic heterocycles. The van der Waals surface area contributed by atoms with Crippen LogP contribution in [0.5, 0.6) is 0 Å². The molecule has 5 nitrogen and oxygen atoms in total. The maximum Gasteiger partial charge on any atom is 0.269 e. The normalized spacial score (nSPS) is 21.5. The van der Waals surface area contributed by atoms with Gasteiger partial charge in [-0.3, -0.25) is 14.9 Å². The first kappa shape index (κ1) is 17.1. The highest BCUT2D eigenvalue weighted by Crippen LogP contribution is 2.51. The summed E-state index contributed by atoms with van der Waals surface area (Å²) < 4.78 is 0. The first-order valence-corrected chi connectivity index (χ1v) is 8.32. The van der Waals surface area contributed by atoms with Gasteiger partial charge in [0.2, 0.25) is 5.91 Å². The van der Waals surface area contributed by atoms with Crippen LogP contribution in [0, 0.1) is 10.1 Å². The minimum Gasteiger partial charge on any atom is -0.307 e. The number of anilines is 1. The number of rotatable bonds is 2. The van der Waals surface area contributed by atoms with Crippen LogP contribution in [0.3, 0.4) is 0 Å². The van der Waals surface area contributed by atoms with Crippen molar-refractivity contribution in [3.05, 3.63) is 69.8 Å². The Hall–Kier alpha value is -2.69. The third-order valence-corrected chi connectivity index (χ3v) is 5.14. The molecule has 1 aliphatic rings. The topological polar surface area (TPSA) is 63.5 Å². The van der Waals surface area contributed by atoms with Crippen molar-refractivity contribution < 1.29 is 9.72 Å². The highest BCUT2D eigenvalue weighted by atomic mass is 16.6. The van der Waals surface area contributed by atoms with Crippen LogP contribution in [0.4, 0.5) is 11.4 Å². The van der Waals surface area contributed by atoms with E-state index in [1.807, 2.05) is 44.2 Å². The molecule has 1 heterocycles. The maximum atomic E-state index is 12.3. The Morgan fingerprint density at radius 2 is 1.76 bits per heavy atom. The summed E-state index contributed by atoms with van der Waals surface area (Å²) in [5.41, 5.74) is 1.89. The number of non-ortho nitro benzene ring substituents is 1. The number of amides is 1. The molecule has 0 spiro atoms. The molecule has 0 aliphatic carbocycles. The second-order valence-corrected chi connectivity index (χ2v) is 7.50. The van der Waals surface area contributed by atoms with E-state index in [4.69, 9.17) is 0 Å². The molecule has 0 bridgehead atoms. The number of hydrogen-bond donors (Lipinski definition) is 0. The van der Waals surface area contributed by atoms with Crippen molar-refractivity contribution in [3.63, 3.8) is 0 Å². The van der Waals surface area contributed by atoms with Gasteiger partial charge in [0.05, 0.1) is 4.92 Å². The number of benzene rings is 2. The lowest BCUT2D eigenvalue weighted by Crippen LogP contribution is -2.55. The van der Waals surface area contributed by atoms with Crippen LogP contribution in [0.1, 0.15) is 45.2 Å². The summed E-state index contributed by atoms with van der Waals surface area (Å²) in [6.07, 6.45) is 0.678. The smallest absolute Gasteiger partial charge is 0.269 e. The van der Waals surface area contributed by atoms with E-state index in [0.717, 1.165) is 16.8 Å².